The molecule has 2 aromatic carbocycles. The van der Waals surface area contributed by atoms with E-state index >= 15 is 0 Å². The first-order valence-electron chi connectivity index (χ1n) is 10.4. The molecule has 3 rings (SSSR count). The molecule has 0 aliphatic heterocycles. The lowest BCUT2D eigenvalue weighted by Gasteiger charge is -2.30. The minimum absolute atomic E-state index is 0.106. The zero-order valence-corrected chi connectivity index (χ0v) is 19.0. The molecule has 160 valence electrons. The number of rotatable bonds is 7. The van der Waals surface area contributed by atoms with E-state index in [2.05, 4.69) is 5.32 Å². The van der Waals surface area contributed by atoms with Crippen molar-refractivity contribution in [3.63, 3.8) is 0 Å². The lowest BCUT2D eigenvalue weighted by Crippen LogP contribution is -2.50. The average Bonchev–Trinajstić information content (AvgIpc) is 3.20. The van der Waals surface area contributed by atoms with Crippen LogP contribution in [-0.2, 0) is 22.6 Å². The maximum atomic E-state index is 13.3. The first kappa shape index (κ1) is 22.6. The summed E-state index contributed by atoms with van der Waals surface area (Å²) < 4.78 is 0. The summed E-state index contributed by atoms with van der Waals surface area (Å²) in [6.45, 7) is 4.17. The summed E-state index contributed by atoms with van der Waals surface area (Å²) in [5.74, 6) is -0.250. The van der Waals surface area contributed by atoms with Gasteiger partial charge >= 0.3 is 0 Å². The normalized spacial score (nSPS) is 15.1. The number of carbonyl (C=O) groups is 2. The van der Waals surface area contributed by atoms with Crippen LogP contribution < -0.4 is 5.32 Å². The number of carbonyl (C=O) groups excluding carboxylic acids is 2. The van der Waals surface area contributed by atoms with Gasteiger partial charge in [-0.25, -0.2) is 0 Å². The topological polar surface area (TPSA) is 49.4 Å². The Morgan fingerprint density at radius 3 is 2.53 bits per heavy atom. The third-order valence-electron chi connectivity index (χ3n) is 5.66. The Morgan fingerprint density at radius 1 is 1.13 bits per heavy atom. The Bertz CT molecular complexity index is 910. The Hall–Kier alpha value is -2.04. The average molecular weight is 447 g/mol. The van der Waals surface area contributed by atoms with Crippen molar-refractivity contribution < 1.29 is 9.59 Å². The third-order valence-corrected chi connectivity index (χ3v) is 6.25. The molecule has 1 fully saturated rings. The SMILES string of the molecule is Cc1cccc(CN(C(=O)Cc2ccc(Cl)cc2Cl)C(C)C(=O)NC2CCCC2)c1. The standard InChI is InChI=1S/C24H28Cl2N2O2/c1-16-6-5-7-18(12-16)15-28(17(2)24(30)27-21-8-3-4-9-21)23(29)13-19-10-11-20(25)14-22(19)26/h5-7,10-12,14,17,21H,3-4,8-9,13,15H2,1-2H3,(H,27,30). The summed E-state index contributed by atoms with van der Waals surface area (Å²) in [5, 5.41) is 4.10. The highest BCUT2D eigenvalue weighted by atomic mass is 35.5. The quantitative estimate of drug-likeness (QED) is 0.625. The van der Waals surface area contributed by atoms with Crippen LogP contribution >= 0.6 is 23.2 Å². The molecular weight excluding hydrogens is 419 g/mol. The van der Waals surface area contributed by atoms with Crippen LogP contribution in [0.4, 0.5) is 0 Å². The van der Waals surface area contributed by atoms with Gasteiger partial charge in [0.2, 0.25) is 11.8 Å². The zero-order valence-electron chi connectivity index (χ0n) is 17.5. The van der Waals surface area contributed by atoms with Crippen molar-refractivity contribution in [2.24, 2.45) is 0 Å². The molecule has 0 saturated heterocycles. The van der Waals surface area contributed by atoms with Crippen molar-refractivity contribution in [1.29, 1.82) is 0 Å². The number of aryl methyl sites for hydroxylation is 1. The molecule has 4 nitrogen and oxygen atoms in total. The first-order chi connectivity index (χ1) is 14.3. The molecule has 1 N–H and O–H groups in total. The highest BCUT2D eigenvalue weighted by Crippen LogP contribution is 2.23. The number of hydrogen-bond acceptors (Lipinski definition) is 2. The first-order valence-corrected chi connectivity index (χ1v) is 11.2. The van der Waals surface area contributed by atoms with Gasteiger partial charge in [-0.05, 0) is 49.9 Å². The fraction of sp³-hybridized carbons (Fsp3) is 0.417. The number of hydrogen-bond donors (Lipinski definition) is 1. The molecule has 1 aliphatic rings. The summed E-state index contributed by atoms with van der Waals surface area (Å²) in [6.07, 6.45) is 4.40. The van der Waals surface area contributed by atoms with Gasteiger partial charge in [0.25, 0.3) is 0 Å². The molecule has 1 saturated carbocycles. The van der Waals surface area contributed by atoms with Gasteiger partial charge in [-0.2, -0.15) is 0 Å². The van der Waals surface area contributed by atoms with Crippen LogP contribution in [0.1, 0.15) is 49.3 Å². The van der Waals surface area contributed by atoms with Gasteiger partial charge in [0, 0.05) is 22.6 Å². The second kappa shape index (κ2) is 10.3. The molecule has 0 radical (unpaired) electrons. The predicted molar refractivity (Wildman–Crippen MR) is 122 cm³/mol. The van der Waals surface area contributed by atoms with Crippen molar-refractivity contribution in [3.05, 3.63) is 69.2 Å². The van der Waals surface area contributed by atoms with Gasteiger partial charge in [-0.15, -0.1) is 0 Å². The van der Waals surface area contributed by atoms with Gasteiger partial charge in [-0.1, -0.05) is 71.9 Å². The minimum atomic E-state index is -0.579. The Kier molecular flexibility index (Phi) is 7.79. The molecule has 1 unspecified atom stereocenters. The van der Waals surface area contributed by atoms with Crippen LogP contribution in [0, 0.1) is 6.92 Å². The number of nitrogens with one attached hydrogen (secondary N) is 1. The highest BCUT2D eigenvalue weighted by Gasteiger charge is 2.28. The monoisotopic (exact) mass is 446 g/mol. The molecule has 1 atom stereocenters. The molecule has 2 aromatic rings. The molecule has 0 bridgehead atoms. The Labute approximate surface area is 188 Å². The van der Waals surface area contributed by atoms with Crippen LogP contribution in [0.3, 0.4) is 0 Å². The number of halogens is 2. The Balaban J connectivity index is 1.79. The lowest BCUT2D eigenvalue weighted by atomic mass is 10.1. The van der Waals surface area contributed by atoms with E-state index in [0.717, 1.165) is 36.8 Å². The van der Waals surface area contributed by atoms with Gasteiger partial charge < -0.3 is 10.2 Å². The molecular formula is C24H28Cl2N2O2. The van der Waals surface area contributed by atoms with E-state index < -0.39 is 6.04 Å². The number of benzene rings is 2. The van der Waals surface area contributed by atoms with Crippen LogP contribution in [0.5, 0.6) is 0 Å². The summed E-state index contributed by atoms with van der Waals surface area (Å²) in [6, 6.07) is 12.7. The van der Waals surface area contributed by atoms with Crippen molar-refractivity contribution in [2.75, 3.05) is 0 Å². The number of nitrogens with zero attached hydrogens (tertiary/aromatic N) is 1. The second-order valence-corrected chi connectivity index (χ2v) is 8.93. The maximum absolute atomic E-state index is 13.3. The molecule has 6 heteroatoms. The fourth-order valence-electron chi connectivity index (χ4n) is 3.91. The van der Waals surface area contributed by atoms with E-state index in [9.17, 15) is 9.59 Å². The predicted octanol–water partition coefficient (Wildman–Crippen LogP) is 5.32. The van der Waals surface area contributed by atoms with E-state index in [-0.39, 0.29) is 24.3 Å². The zero-order chi connectivity index (χ0) is 21.7. The van der Waals surface area contributed by atoms with Gasteiger partial charge in [0.15, 0.2) is 0 Å². The molecule has 30 heavy (non-hydrogen) atoms. The highest BCUT2D eigenvalue weighted by molar-refractivity contribution is 6.35. The summed E-state index contributed by atoms with van der Waals surface area (Å²) >= 11 is 12.3. The van der Waals surface area contributed by atoms with Crippen molar-refractivity contribution >= 4 is 35.0 Å². The van der Waals surface area contributed by atoms with E-state index in [4.69, 9.17) is 23.2 Å². The minimum Gasteiger partial charge on any atom is -0.352 e. The second-order valence-electron chi connectivity index (χ2n) is 8.09. The third kappa shape index (κ3) is 5.99. The largest absolute Gasteiger partial charge is 0.352 e. The van der Waals surface area contributed by atoms with E-state index in [0.29, 0.717) is 22.2 Å². The molecule has 2 amide bonds. The number of amides is 2. The van der Waals surface area contributed by atoms with Crippen LogP contribution in [0.15, 0.2) is 42.5 Å². The lowest BCUT2D eigenvalue weighted by molar-refractivity contribution is -0.140. The van der Waals surface area contributed by atoms with E-state index in [1.165, 1.54) is 0 Å². The smallest absolute Gasteiger partial charge is 0.242 e. The van der Waals surface area contributed by atoms with Crippen LogP contribution in [0.25, 0.3) is 0 Å². The van der Waals surface area contributed by atoms with Gasteiger partial charge in [0.05, 0.1) is 6.42 Å². The van der Waals surface area contributed by atoms with Crippen LogP contribution in [0.2, 0.25) is 10.0 Å². The van der Waals surface area contributed by atoms with E-state index in [1.807, 2.05) is 31.2 Å². The van der Waals surface area contributed by atoms with Gasteiger partial charge in [-0.3, -0.25) is 9.59 Å². The summed E-state index contributed by atoms with van der Waals surface area (Å²) in [5.41, 5.74) is 2.80. The van der Waals surface area contributed by atoms with E-state index in [1.54, 1.807) is 30.0 Å². The Morgan fingerprint density at radius 2 is 1.87 bits per heavy atom. The summed E-state index contributed by atoms with van der Waals surface area (Å²) in [7, 11) is 0. The molecule has 0 aromatic heterocycles. The molecule has 0 spiro atoms. The fourth-order valence-corrected chi connectivity index (χ4v) is 4.39. The van der Waals surface area contributed by atoms with Crippen molar-refractivity contribution in [3.8, 4) is 0 Å². The molecule has 1 aliphatic carbocycles. The van der Waals surface area contributed by atoms with Crippen molar-refractivity contribution in [2.45, 2.75) is 64.6 Å². The van der Waals surface area contributed by atoms with Crippen LogP contribution in [-0.4, -0.2) is 28.8 Å². The van der Waals surface area contributed by atoms with Gasteiger partial charge in [0.1, 0.15) is 6.04 Å². The van der Waals surface area contributed by atoms with Crippen molar-refractivity contribution in [1.82, 2.24) is 10.2 Å². The maximum Gasteiger partial charge on any atom is 0.242 e. The summed E-state index contributed by atoms with van der Waals surface area (Å²) in [4.78, 5) is 27.8. The molecule has 0 heterocycles.